The third kappa shape index (κ3) is 4.45. The second-order valence-electron chi connectivity index (χ2n) is 14.3. The van der Waals surface area contributed by atoms with Crippen molar-refractivity contribution < 1.29 is 0 Å². The first-order valence-corrected chi connectivity index (χ1v) is 18.7. The monoisotopic (exact) mass is 689 g/mol. The molecule has 3 nitrogen and oxygen atoms in total. The van der Waals surface area contributed by atoms with Crippen LogP contribution in [-0.4, -0.2) is 5.71 Å². The number of hydrogen-bond acceptors (Lipinski definition) is 3. The van der Waals surface area contributed by atoms with Crippen LogP contribution in [0.15, 0.2) is 205 Å². The number of anilines is 4. The van der Waals surface area contributed by atoms with Crippen LogP contribution in [0.5, 0.6) is 0 Å². The van der Waals surface area contributed by atoms with Gasteiger partial charge in [-0.3, -0.25) is 4.99 Å². The first-order valence-electron chi connectivity index (χ1n) is 18.7. The van der Waals surface area contributed by atoms with Gasteiger partial charge in [-0.1, -0.05) is 164 Å². The largest absolute Gasteiger partial charge is 0.360 e. The Labute approximate surface area is 315 Å². The number of nitrogens with zero attached hydrogens (tertiary/aromatic N) is 2. The van der Waals surface area contributed by atoms with Crippen molar-refractivity contribution in [2.45, 2.75) is 11.6 Å². The van der Waals surface area contributed by atoms with Crippen LogP contribution in [0.3, 0.4) is 0 Å². The molecule has 0 radical (unpaired) electrons. The Morgan fingerprint density at radius 3 is 1.70 bits per heavy atom. The fourth-order valence-corrected chi connectivity index (χ4v) is 9.18. The van der Waals surface area contributed by atoms with Gasteiger partial charge in [0.15, 0.2) is 0 Å². The predicted octanol–water partition coefficient (Wildman–Crippen LogP) is 12.5. The van der Waals surface area contributed by atoms with Crippen LogP contribution >= 0.6 is 0 Å². The van der Waals surface area contributed by atoms with E-state index in [1.165, 1.54) is 55.9 Å². The standard InChI is InChI=1S/C51H35N3/c1-3-15-35(16-4-1)49-41-20-8-12-24-46(41)52-50(53-49)36-29-27-34(28-30-36)37-31-32-40-39-19-7-9-21-42(39)51(45(40)33-37)43-22-10-13-25-47(43)54(38-17-5-2-6-18-38)48-26-14-11-23-44(48)51/h1-33,50,52H. The third-order valence-corrected chi connectivity index (χ3v) is 11.5. The molecule has 54 heavy (non-hydrogen) atoms. The lowest BCUT2D eigenvalue weighted by atomic mass is 9.64. The summed E-state index contributed by atoms with van der Waals surface area (Å²) >= 11 is 0. The zero-order chi connectivity index (χ0) is 35.6. The van der Waals surface area contributed by atoms with E-state index in [0.717, 1.165) is 33.8 Å². The van der Waals surface area contributed by atoms with Gasteiger partial charge in [0.05, 0.1) is 22.5 Å². The highest BCUT2D eigenvalue weighted by molar-refractivity contribution is 6.17. The van der Waals surface area contributed by atoms with Crippen LogP contribution in [0, 0.1) is 0 Å². The maximum atomic E-state index is 5.27. The quantitative estimate of drug-likeness (QED) is 0.199. The molecule has 3 heteroatoms. The first kappa shape index (κ1) is 30.6. The van der Waals surface area contributed by atoms with Gasteiger partial charge in [0.1, 0.15) is 6.17 Å². The van der Waals surface area contributed by atoms with Crippen molar-refractivity contribution in [2.75, 3.05) is 10.2 Å². The minimum Gasteiger partial charge on any atom is -0.360 e. The lowest BCUT2D eigenvalue weighted by Gasteiger charge is -2.45. The van der Waals surface area contributed by atoms with Crippen LogP contribution in [-0.2, 0) is 5.41 Å². The van der Waals surface area contributed by atoms with Crippen LogP contribution < -0.4 is 10.2 Å². The molecule has 1 N–H and O–H groups in total. The Morgan fingerprint density at radius 1 is 0.426 bits per heavy atom. The second kappa shape index (κ2) is 12.0. The Morgan fingerprint density at radius 2 is 0.981 bits per heavy atom. The highest BCUT2D eigenvalue weighted by Gasteiger charge is 2.51. The number of hydrogen-bond donors (Lipinski definition) is 1. The summed E-state index contributed by atoms with van der Waals surface area (Å²) in [7, 11) is 0. The highest BCUT2D eigenvalue weighted by atomic mass is 15.2. The average molecular weight is 690 g/mol. The summed E-state index contributed by atoms with van der Waals surface area (Å²) in [6.07, 6.45) is -0.190. The van der Waals surface area contributed by atoms with Gasteiger partial charge in [-0.25, -0.2) is 0 Å². The molecule has 1 spiro atoms. The van der Waals surface area contributed by atoms with E-state index < -0.39 is 5.41 Å². The number of benzene rings is 8. The highest BCUT2D eigenvalue weighted by Crippen LogP contribution is 2.63. The normalized spacial score (nSPS) is 15.6. The molecule has 3 aliphatic rings. The van der Waals surface area contributed by atoms with Gasteiger partial charge >= 0.3 is 0 Å². The van der Waals surface area contributed by atoms with Crippen LogP contribution in [0.4, 0.5) is 22.7 Å². The van der Waals surface area contributed by atoms with E-state index in [1.807, 2.05) is 0 Å². The van der Waals surface area contributed by atoms with Gasteiger partial charge in [0.25, 0.3) is 0 Å². The van der Waals surface area contributed by atoms with E-state index in [-0.39, 0.29) is 6.17 Å². The van der Waals surface area contributed by atoms with Gasteiger partial charge in [-0.05, 0) is 86.5 Å². The van der Waals surface area contributed by atoms with E-state index in [4.69, 9.17) is 4.99 Å². The number of rotatable bonds is 4. The van der Waals surface area contributed by atoms with E-state index in [0.29, 0.717) is 0 Å². The van der Waals surface area contributed by atoms with Gasteiger partial charge in [0.2, 0.25) is 0 Å². The summed E-state index contributed by atoms with van der Waals surface area (Å²) in [6, 6.07) is 72.8. The molecule has 1 atom stereocenters. The summed E-state index contributed by atoms with van der Waals surface area (Å²) in [5, 5.41) is 3.70. The van der Waals surface area contributed by atoms with Crippen molar-refractivity contribution >= 4 is 28.5 Å². The fraction of sp³-hybridized carbons (Fsp3) is 0.0392. The summed E-state index contributed by atoms with van der Waals surface area (Å²) in [5.41, 5.74) is 18.8. The van der Waals surface area contributed by atoms with Crippen molar-refractivity contribution in [1.29, 1.82) is 0 Å². The van der Waals surface area contributed by atoms with E-state index in [9.17, 15) is 0 Å². The maximum Gasteiger partial charge on any atom is 0.145 e. The van der Waals surface area contributed by atoms with E-state index >= 15 is 0 Å². The lowest BCUT2D eigenvalue weighted by molar-refractivity contribution is 0.753. The summed E-state index contributed by atoms with van der Waals surface area (Å²) in [6.45, 7) is 0. The topological polar surface area (TPSA) is 27.6 Å². The van der Waals surface area contributed by atoms with Crippen molar-refractivity contribution in [3.63, 3.8) is 0 Å². The minimum atomic E-state index is -0.484. The van der Waals surface area contributed by atoms with Crippen LogP contribution in [0.25, 0.3) is 22.3 Å². The SMILES string of the molecule is c1ccc(C2=NC(c3ccc(-c4ccc5c(c4)C4(c6ccccc6-5)c5ccccc5N(c5ccccc5)c5ccccc54)cc3)Nc3ccccc32)cc1. The Balaban J connectivity index is 1.05. The molecule has 11 rings (SSSR count). The fourth-order valence-electron chi connectivity index (χ4n) is 9.18. The van der Waals surface area contributed by atoms with Gasteiger partial charge < -0.3 is 10.2 Å². The van der Waals surface area contributed by atoms with Crippen molar-refractivity contribution in [3.8, 4) is 22.3 Å². The lowest BCUT2D eigenvalue weighted by Crippen LogP contribution is -2.36. The molecule has 2 aliphatic heterocycles. The third-order valence-electron chi connectivity index (χ3n) is 11.5. The molecule has 0 aromatic heterocycles. The number of para-hydroxylation sites is 4. The zero-order valence-electron chi connectivity index (χ0n) is 29.5. The van der Waals surface area contributed by atoms with Crippen molar-refractivity contribution in [1.82, 2.24) is 0 Å². The number of nitrogens with one attached hydrogen (secondary N) is 1. The van der Waals surface area contributed by atoms with E-state index in [2.05, 4.69) is 210 Å². The van der Waals surface area contributed by atoms with Crippen LogP contribution in [0.1, 0.15) is 45.1 Å². The molecule has 1 unspecified atom stereocenters. The Bertz CT molecular complexity index is 2700. The van der Waals surface area contributed by atoms with Gasteiger partial charge in [0, 0.05) is 22.5 Å². The molecule has 8 aromatic carbocycles. The first-order chi connectivity index (χ1) is 26.8. The molecule has 1 aliphatic carbocycles. The maximum absolute atomic E-state index is 5.27. The molecule has 0 fully saturated rings. The van der Waals surface area contributed by atoms with Gasteiger partial charge in [-0.2, -0.15) is 0 Å². The van der Waals surface area contributed by atoms with Gasteiger partial charge in [-0.15, -0.1) is 0 Å². The number of fused-ring (bicyclic) bond motifs is 10. The Kier molecular flexibility index (Phi) is 6.83. The van der Waals surface area contributed by atoms with E-state index in [1.54, 1.807) is 0 Å². The molecule has 254 valence electrons. The molecule has 0 bridgehead atoms. The molecule has 2 heterocycles. The molecule has 0 amide bonds. The molecular weight excluding hydrogens is 655 g/mol. The minimum absolute atomic E-state index is 0.190. The number of aliphatic imine (C=N–C) groups is 1. The molecule has 0 saturated heterocycles. The van der Waals surface area contributed by atoms with Crippen molar-refractivity contribution in [2.24, 2.45) is 4.99 Å². The average Bonchev–Trinajstić information content (AvgIpc) is 3.54. The zero-order valence-corrected chi connectivity index (χ0v) is 29.5. The van der Waals surface area contributed by atoms with Crippen molar-refractivity contribution in [3.05, 3.63) is 239 Å². The Hall–Kier alpha value is -6.97. The predicted molar refractivity (Wildman–Crippen MR) is 222 cm³/mol. The summed E-state index contributed by atoms with van der Waals surface area (Å²) in [4.78, 5) is 7.70. The smallest absolute Gasteiger partial charge is 0.145 e. The molecular formula is C51H35N3. The molecule has 8 aromatic rings. The van der Waals surface area contributed by atoms with Crippen LogP contribution in [0.2, 0.25) is 0 Å². The summed E-state index contributed by atoms with van der Waals surface area (Å²) in [5.74, 6) is 0. The molecule has 0 saturated carbocycles. The second-order valence-corrected chi connectivity index (χ2v) is 14.3. The summed E-state index contributed by atoms with van der Waals surface area (Å²) < 4.78 is 0.